The monoisotopic (exact) mass is 332 g/mol. The molecule has 1 aliphatic carbocycles. The zero-order valence-corrected chi connectivity index (χ0v) is 13.4. The van der Waals surface area contributed by atoms with Gasteiger partial charge in [0, 0.05) is 25.6 Å². The van der Waals surface area contributed by atoms with E-state index in [0.29, 0.717) is 35.5 Å². The van der Waals surface area contributed by atoms with Gasteiger partial charge in [-0.15, -0.1) is 0 Å². The molecule has 1 aromatic rings. The van der Waals surface area contributed by atoms with Gasteiger partial charge in [0.15, 0.2) is 0 Å². The van der Waals surface area contributed by atoms with E-state index in [1.807, 2.05) is 0 Å². The molecule has 2 heterocycles. The van der Waals surface area contributed by atoms with Gasteiger partial charge in [-0.05, 0) is 48.8 Å². The van der Waals surface area contributed by atoms with E-state index >= 15 is 0 Å². The predicted octanol–water partition coefficient (Wildman–Crippen LogP) is 1.55. The maximum Gasteiger partial charge on any atom is 0.234 e. The highest BCUT2D eigenvalue weighted by Gasteiger charge is 2.44. The number of hydrogen-bond acceptors (Lipinski definition) is 4. The molecular formula is C18H21FN2O3. The fourth-order valence-corrected chi connectivity index (χ4v) is 4.56. The minimum Gasteiger partial charge on any atom is -0.396 e. The van der Waals surface area contributed by atoms with Crippen molar-refractivity contribution in [2.75, 3.05) is 18.1 Å². The molecule has 3 aliphatic rings. The Bertz CT molecular complexity index is 693. The first-order chi connectivity index (χ1) is 11.6. The average molecular weight is 332 g/mol. The summed E-state index contributed by atoms with van der Waals surface area (Å²) in [6, 6.07) is 5.28. The smallest absolute Gasteiger partial charge is 0.234 e. The number of aliphatic hydroxyl groups is 1. The molecule has 4 atom stereocenters. The maximum absolute atomic E-state index is 14.7. The van der Waals surface area contributed by atoms with Crippen LogP contribution in [-0.4, -0.2) is 36.1 Å². The quantitative estimate of drug-likeness (QED) is 0.824. The van der Waals surface area contributed by atoms with Crippen LogP contribution >= 0.6 is 0 Å². The van der Waals surface area contributed by atoms with Gasteiger partial charge in [0.2, 0.25) is 11.8 Å². The molecule has 2 bridgehead atoms. The molecule has 1 aromatic carbocycles. The topological polar surface area (TPSA) is 69.6 Å². The zero-order valence-electron chi connectivity index (χ0n) is 13.4. The summed E-state index contributed by atoms with van der Waals surface area (Å²) >= 11 is 0. The van der Waals surface area contributed by atoms with E-state index in [1.165, 1.54) is 6.07 Å². The van der Waals surface area contributed by atoms with E-state index in [1.54, 1.807) is 12.1 Å². The van der Waals surface area contributed by atoms with Gasteiger partial charge in [-0.3, -0.25) is 14.9 Å². The molecule has 3 fully saturated rings. The first-order valence-electron chi connectivity index (χ1n) is 8.57. The second-order valence-corrected chi connectivity index (χ2v) is 7.19. The van der Waals surface area contributed by atoms with E-state index in [4.69, 9.17) is 0 Å². The number of amides is 2. The summed E-state index contributed by atoms with van der Waals surface area (Å²) in [5.41, 5.74) is 1.20. The second kappa shape index (κ2) is 5.84. The lowest BCUT2D eigenvalue weighted by Gasteiger charge is -2.33. The second-order valence-electron chi connectivity index (χ2n) is 7.19. The third-order valence-corrected chi connectivity index (χ3v) is 5.85. The standard InChI is InChI=1S/C18H21FN2O3/c19-15-7-10(14-2-4-17(23)20-18(14)24)1-3-16(15)21-8-11-5-13(21)6-12(11)9-22/h1,3,7,11-14,22H,2,4-6,8-9H2,(H,20,23,24)/t11-,12+,13-,14?/m0/s1. The lowest BCUT2D eigenvalue weighted by Crippen LogP contribution is -2.39. The molecule has 2 N–H and O–H groups in total. The number of imide groups is 1. The highest BCUT2D eigenvalue weighted by atomic mass is 19.1. The van der Waals surface area contributed by atoms with E-state index in [9.17, 15) is 19.1 Å². The van der Waals surface area contributed by atoms with Crippen LogP contribution in [0.15, 0.2) is 18.2 Å². The Morgan fingerprint density at radius 3 is 2.75 bits per heavy atom. The number of anilines is 1. The van der Waals surface area contributed by atoms with Crippen molar-refractivity contribution in [3.8, 4) is 0 Å². The van der Waals surface area contributed by atoms with Gasteiger partial charge in [0.25, 0.3) is 0 Å². The van der Waals surface area contributed by atoms with Gasteiger partial charge >= 0.3 is 0 Å². The number of benzene rings is 1. The molecule has 2 amide bonds. The number of fused-ring (bicyclic) bond motifs is 2. The first-order valence-corrected chi connectivity index (χ1v) is 8.57. The maximum atomic E-state index is 14.7. The normalized spacial score (nSPS) is 32.3. The summed E-state index contributed by atoms with van der Waals surface area (Å²) in [6.45, 7) is 0.997. The number of piperidine rings is 2. The summed E-state index contributed by atoms with van der Waals surface area (Å²) in [5, 5.41) is 11.7. The average Bonchev–Trinajstić information content (AvgIpc) is 3.14. The minimum atomic E-state index is -0.458. The van der Waals surface area contributed by atoms with Crippen molar-refractivity contribution < 1.29 is 19.1 Å². The Balaban J connectivity index is 1.53. The molecule has 1 saturated carbocycles. The van der Waals surface area contributed by atoms with Gasteiger partial charge in [-0.2, -0.15) is 0 Å². The molecule has 24 heavy (non-hydrogen) atoms. The van der Waals surface area contributed by atoms with Crippen molar-refractivity contribution in [3.63, 3.8) is 0 Å². The Kier molecular flexibility index (Phi) is 3.79. The molecule has 4 rings (SSSR count). The summed E-state index contributed by atoms with van der Waals surface area (Å²) < 4.78 is 14.7. The van der Waals surface area contributed by atoms with E-state index in [0.717, 1.165) is 19.4 Å². The number of hydrogen-bond donors (Lipinski definition) is 2. The number of nitrogens with one attached hydrogen (secondary N) is 1. The number of carbonyl (C=O) groups excluding carboxylic acids is 2. The van der Waals surface area contributed by atoms with Crippen LogP contribution in [0.3, 0.4) is 0 Å². The Morgan fingerprint density at radius 1 is 1.29 bits per heavy atom. The van der Waals surface area contributed by atoms with Crippen molar-refractivity contribution >= 4 is 17.5 Å². The van der Waals surface area contributed by atoms with Crippen molar-refractivity contribution in [2.24, 2.45) is 11.8 Å². The molecule has 2 saturated heterocycles. The van der Waals surface area contributed by atoms with Gasteiger partial charge in [-0.1, -0.05) is 6.07 Å². The molecule has 128 valence electrons. The number of nitrogens with zero attached hydrogens (tertiary/aromatic N) is 1. The van der Waals surface area contributed by atoms with Gasteiger partial charge in [0.05, 0.1) is 11.6 Å². The van der Waals surface area contributed by atoms with E-state index in [2.05, 4.69) is 10.2 Å². The first kappa shape index (κ1) is 15.6. The Hall–Kier alpha value is -1.95. The van der Waals surface area contributed by atoms with Crippen LogP contribution in [0, 0.1) is 17.7 Å². The Morgan fingerprint density at radius 2 is 2.12 bits per heavy atom. The molecule has 6 heteroatoms. The third kappa shape index (κ3) is 2.49. The van der Waals surface area contributed by atoms with Crippen LogP contribution in [0.5, 0.6) is 0 Å². The number of carbonyl (C=O) groups is 2. The van der Waals surface area contributed by atoms with Crippen LogP contribution < -0.4 is 10.2 Å². The third-order valence-electron chi connectivity index (χ3n) is 5.85. The van der Waals surface area contributed by atoms with Crippen molar-refractivity contribution in [1.82, 2.24) is 5.32 Å². The van der Waals surface area contributed by atoms with Crippen molar-refractivity contribution in [2.45, 2.75) is 37.6 Å². The largest absolute Gasteiger partial charge is 0.396 e. The summed E-state index contributed by atoms with van der Waals surface area (Å²) in [6.07, 6.45) is 2.64. The van der Waals surface area contributed by atoms with Crippen molar-refractivity contribution in [3.05, 3.63) is 29.6 Å². The number of halogens is 1. The number of rotatable bonds is 3. The zero-order chi connectivity index (χ0) is 16.8. The molecular weight excluding hydrogens is 311 g/mol. The van der Waals surface area contributed by atoms with Crippen LogP contribution in [0.4, 0.5) is 10.1 Å². The van der Waals surface area contributed by atoms with Gasteiger partial charge in [-0.25, -0.2) is 4.39 Å². The lowest BCUT2D eigenvalue weighted by atomic mass is 9.90. The highest BCUT2D eigenvalue weighted by Crippen LogP contribution is 2.44. The Labute approximate surface area is 139 Å². The molecule has 1 unspecified atom stereocenters. The molecule has 5 nitrogen and oxygen atoms in total. The van der Waals surface area contributed by atoms with Gasteiger partial charge in [0.1, 0.15) is 5.82 Å². The molecule has 0 aromatic heterocycles. The summed E-state index contributed by atoms with van der Waals surface area (Å²) in [4.78, 5) is 25.3. The van der Waals surface area contributed by atoms with Crippen molar-refractivity contribution in [1.29, 1.82) is 0 Å². The lowest BCUT2D eigenvalue weighted by molar-refractivity contribution is -0.134. The summed E-state index contributed by atoms with van der Waals surface area (Å²) in [5.74, 6) is -0.596. The molecule has 2 aliphatic heterocycles. The van der Waals surface area contributed by atoms with Gasteiger partial charge < -0.3 is 10.0 Å². The fraction of sp³-hybridized carbons (Fsp3) is 0.556. The van der Waals surface area contributed by atoms with E-state index < -0.39 is 5.92 Å². The fourth-order valence-electron chi connectivity index (χ4n) is 4.56. The minimum absolute atomic E-state index is 0.214. The highest BCUT2D eigenvalue weighted by molar-refractivity contribution is 6.00. The van der Waals surface area contributed by atoms with Crippen LogP contribution in [0.1, 0.15) is 37.2 Å². The SMILES string of the molecule is O=C1CCC(c2ccc(N3C[C@@H]4C[C@H]3C[C@@H]4CO)c(F)c2)C(=O)N1. The number of aliphatic hydroxyl groups excluding tert-OH is 1. The van der Waals surface area contributed by atoms with Crippen LogP contribution in [0.2, 0.25) is 0 Å². The van der Waals surface area contributed by atoms with E-state index in [-0.39, 0.29) is 30.7 Å². The predicted molar refractivity (Wildman–Crippen MR) is 86.0 cm³/mol. The molecule has 0 radical (unpaired) electrons. The summed E-state index contributed by atoms with van der Waals surface area (Å²) in [7, 11) is 0. The van der Waals surface area contributed by atoms with Crippen LogP contribution in [0.25, 0.3) is 0 Å². The molecule has 0 spiro atoms. The van der Waals surface area contributed by atoms with Crippen LogP contribution in [-0.2, 0) is 9.59 Å².